The first-order valence-electron chi connectivity index (χ1n) is 6.45. The highest BCUT2D eigenvalue weighted by Gasteiger charge is 2.30. The van der Waals surface area contributed by atoms with Crippen LogP contribution in [0.5, 0.6) is 0 Å². The van der Waals surface area contributed by atoms with Crippen LogP contribution in [0.3, 0.4) is 0 Å². The molecule has 0 aliphatic heterocycles. The smallest absolute Gasteiger partial charge is 0.340 e. The van der Waals surface area contributed by atoms with E-state index in [2.05, 4.69) is 9.97 Å². The minimum Gasteiger partial charge on any atom is -0.480 e. The molecule has 0 aromatic carbocycles. The summed E-state index contributed by atoms with van der Waals surface area (Å²) >= 11 is 0.994. The molecule has 7 heteroatoms. The van der Waals surface area contributed by atoms with Gasteiger partial charge < -0.3 is 10.2 Å². The first-order valence-corrected chi connectivity index (χ1v) is 7.33. The Morgan fingerprint density at radius 1 is 1.35 bits per heavy atom. The number of carboxylic acids is 2. The van der Waals surface area contributed by atoms with Crippen molar-refractivity contribution in [1.29, 1.82) is 0 Å². The van der Waals surface area contributed by atoms with E-state index in [0.29, 0.717) is 23.9 Å². The van der Waals surface area contributed by atoms with Gasteiger partial charge in [0.05, 0.1) is 5.69 Å². The number of carboxylic acid groups (broad SMARTS) is 2. The number of nitrogens with zero attached hydrogens (tertiary/aromatic N) is 2. The lowest BCUT2D eigenvalue weighted by atomic mass is 10.2. The largest absolute Gasteiger partial charge is 0.480 e. The molecule has 6 nitrogen and oxygen atoms in total. The highest BCUT2D eigenvalue weighted by atomic mass is 32.2. The van der Waals surface area contributed by atoms with E-state index in [1.165, 1.54) is 0 Å². The molecule has 1 atom stereocenters. The molecule has 1 saturated carbocycles. The zero-order valence-electron chi connectivity index (χ0n) is 11.3. The second-order valence-corrected chi connectivity index (χ2v) is 5.97. The molecule has 20 heavy (non-hydrogen) atoms. The Labute approximate surface area is 120 Å². The number of hydrogen-bond donors (Lipinski definition) is 2. The van der Waals surface area contributed by atoms with Crippen molar-refractivity contribution in [2.75, 3.05) is 0 Å². The Hall–Kier alpha value is -1.63. The Kier molecular flexibility index (Phi) is 4.27. The van der Waals surface area contributed by atoms with E-state index in [9.17, 15) is 14.7 Å². The molecule has 2 N–H and O–H groups in total. The SMILES string of the molecule is CCC(Sc1nc(C2CC2)nc(C)c1C(=O)O)C(=O)O. The lowest BCUT2D eigenvalue weighted by Gasteiger charge is -2.13. The Morgan fingerprint density at radius 2 is 2.00 bits per heavy atom. The average Bonchev–Trinajstić information content (AvgIpc) is 3.18. The molecule has 1 aliphatic carbocycles. The van der Waals surface area contributed by atoms with Gasteiger partial charge >= 0.3 is 11.9 Å². The Balaban J connectivity index is 2.41. The number of aromatic nitrogens is 2. The van der Waals surface area contributed by atoms with Gasteiger partial charge in [0.25, 0.3) is 0 Å². The van der Waals surface area contributed by atoms with Gasteiger partial charge in [-0.05, 0) is 26.2 Å². The van der Waals surface area contributed by atoms with E-state index in [4.69, 9.17) is 5.11 Å². The molecule has 1 aromatic heterocycles. The van der Waals surface area contributed by atoms with E-state index in [1.54, 1.807) is 13.8 Å². The van der Waals surface area contributed by atoms with E-state index in [-0.39, 0.29) is 10.6 Å². The molecule has 1 aliphatic rings. The van der Waals surface area contributed by atoms with Gasteiger partial charge in [0.15, 0.2) is 0 Å². The van der Waals surface area contributed by atoms with E-state index >= 15 is 0 Å². The van der Waals surface area contributed by atoms with E-state index in [1.807, 2.05) is 0 Å². The first-order chi connectivity index (χ1) is 9.43. The zero-order valence-corrected chi connectivity index (χ0v) is 12.1. The van der Waals surface area contributed by atoms with Crippen LogP contribution in [-0.2, 0) is 4.79 Å². The molecular formula is C13H16N2O4S. The van der Waals surface area contributed by atoms with Crippen LogP contribution < -0.4 is 0 Å². The van der Waals surface area contributed by atoms with Crippen LogP contribution in [0.4, 0.5) is 0 Å². The minimum absolute atomic E-state index is 0.0131. The Morgan fingerprint density at radius 3 is 2.45 bits per heavy atom. The maximum Gasteiger partial charge on any atom is 0.340 e. The molecule has 0 amide bonds. The van der Waals surface area contributed by atoms with Gasteiger partial charge in [-0.15, -0.1) is 0 Å². The highest BCUT2D eigenvalue weighted by molar-refractivity contribution is 8.00. The zero-order chi connectivity index (χ0) is 14.9. The summed E-state index contributed by atoms with van der Waals surface area (Å²) in [7, 11) is 0. The van der Waals surface area contributed by atoms with Gasteiger partial charge in [0.2, 0.25) is 0 Å². The van der Waals surface area contributed by atoms with Gasteiger partial charge in [-0.1, -0.05) is 18.7 Å². The molecule has 0 saturated heterocycles. The summed E-state index contributed by atoms with van der Waals surface area (Å²) in [5.41, 5.74) is 0.413. The summed E-state index contributed by atoms with van der Waals surface area (Å²) in [5, 5.41) is 18.0. The number of aromatic carboxylic acids is 1. The summed E-state index contributed by atoms with van der Waals surface area (Å²) in [4.78, 5) is 31.0. The molecule has 0 spiro atoms. The van der Waals surface area contributed by atoms with Crippen molar-refractivity contribution >= 4 is 23.7 Å². The topological polar surface area (TPSA) is 100 Å². The molecule has 2 rings (SSSR count). The second-order valence-electron chi connectivity index (χ2n) is 4.78. The number of aryl methyl sites for hydroxylation is 1. The van der Waals surface area contributed by atoms with Crippen LogP contribution in [0, 0.1) is 6.92 Å². The second kappa shape index (κ2) is 5.78. The van der Waals surface area contributed by atoms with E-state index < -0.39 is 17.2 Å². The van der Waals surface area contributed by atoms with Gasteiger partial charge in [-0.25, -0.2) is 14.8 Å². The van der Waals surface area contributed by atoms with Crippen molar-refractivity contribution in [1.82, 2.24) is 9.97 Å². The lowest BCUT2D eigenvalue weighted by Crippen LogP contribution is -2.17. The summed E-state index contributed by atoms with van der Waals surface area (Å²) in [6.45, 7) is 3.38. The maximum atomic E-state index is 11.3. The third kappa shape index (κ3) is 3.09. The molecule has 1 aromatic rings. The molecule has 0 bridgehead atoms. The number of hydrogen-bond acceptors (Lipinski definition) is 5. The predicted octanol–water partition coefficient (Wildman–Crippen LogP) is 2.32. The van der Waals surface area contributed by atoms with Crippen molar-refractivity contribution in [2.45, 2.75) is 49.3 Å². The summed E-state index contributed by atoms with van der Waals surface area (Å²) in [5.74, 6) is -1.15. The number of carbonyl (C=O) groups is 2. The van der Waals surface area contributed by atoms with Crippen LogP contribution in [0.15, 0.2) is 5.03 Å². The molecular weight excluding hydrogens is 280 g/mol. The van der Waals surface area contributed by atoms with Gasteiger partial charge in [0.1, 0.15) is 21.7 Å². The van der Waals surface area contributed by atoms with Gasteiger partial charge in [0, 0.05) is 5.92 Å². The van der Waals surface area contributed by atoms with E-state index in [0.717, 1.165) is 24.6 Å². The molecule has 1 fully saturated rings. The summed E-state index contributed by atoms with van der Waals surface area (Å²) < 4.78 is 0. The quantitative estimate of drug-likeness (QED) is 0.613. The number of aliphatic carboxylic acids is 1. The normalized spacial score (nSPS) is 15.9. The van der Waals surface area contributed by atoms with Crippen molar-refractivity contribution in [3.8, 4) is 0 Å². The fourth-order valence-corrected chi connectivity index (χ4v) is 2.90. The highest BCUT2D eigenvalue weighted by Crippen LogP contribution is 2.40. The minimum atomic E-state index is -1.12. The van der Waals surface area contributed by atoms with Crippen molar-refractivity contribution in [3.05, 3.63) is 17.1 Å². The summed E-state index contributed by atoms with van der Waals surface area (Å²) in [6.07, 6.45) is 2.42. The van der Waals surface area contributed by atoms with Crippen molar-refractivity contribution < 1.29 is 19.8 Å². The average molecular weight is 296 g/mol. The summed E-state index contributed by atoms with van der Waals surface area (Å²) in [6, 6.07) is 0. The monoisotopic (exact) mass is 296 g/mol. The molecule has 1 unspecified atom stereocenters. The standard InChI is InChI=1S/C13H16N2O4S/c1-3-8(12(16)17)20-11-9(13(18)19)6(2)14-10(15-11)7-4-5-7/h7-8H,3-5H2,1-2H3,(H,16,17)(H,18,19). The predicted molar refractivity (Wildman–Crippen MR) is 73.3 cm³/mol. The Bertz CT molecular complexity index is 558. The van der Waals surface area contributed by atoms with Crippen molar-refractivity contribution in [2.24, 2.45) is 0 Å². The first kappa shape index (κ1) is 14.8. The van der Waals surface area contributed by atoms with Gasteiger partial charge in [-0.3, -0.25) is 4.79 Å². The van der Waals surface area contributed by atoms with Gasteiger partial charge in [-0.2, -0.15) is 0 Å². The third-order valence-electron chi connectivity index (χ3n) is 3.13. The van der Waals surface area contributed by atoms with Crippen molar-refractivity contribution in [3.63, 3.8) is 0 Å². The van der Waals surface area contributed by atoms with Crippen LogP contribution in [-0.4, -0.2) is 37.4 Å². The van der Waals surface area contributed by atoms with Crippen LogP contribution in [0.25, 0.3) is 0 Å². The fraction of sp³-hybridized carbons (Fsp3) is 0.538. The number of thioether (sulfide) groups is 1. The molecule has 1 heterocycles. The van der Waals surface area contributed by atoms with Crippen LogP contribution in [0.1, 0.15) is 54.0 Å². The fourth-order valence-electron chi connectivity index (χ4n) is 1.87. The number of rotatable bonds is 6. The molecule has 108 valence electrons. The maximum absolute atomic E-state index is 11.3. The van der Waals surface area contributed by atoms with Crippen LogP contribution >= 0.6 is 11.8 Å². The third-order valence-corrected chi connectivity index (χ3v) is 4.47. The lowest BCUT2D eigenvalue weighted by molar-refractivity contribution is -0.136. The van der Waals surface area contributed by atoms with Crippen LogP contribution in [0.2, 0.25) is 0 Å². The molecule has 0 radical (unpaired) electrons.